The Labute approximate surface area is 198 Å². The zero-order chi connectivity index (χ0) is 22.4. The van der Waals surface area contributed by atoms with Gasteiger partial charge in [-0.05, 0) is 64.0 Å². The van der Waals surface area contributed by atoms with Crippen molar-refractivity contribution < 1.29 is 19.2 Å². The second kappa shape index (κ2) is 8.24. The minimum atomic E-state index is -0.937. The summed E-state index contributed by atoms with van der Waals surface area (Å²) < 4.78 is 6.10. The van der Waals surface area contributed by atoms with Crippen LogP contribution in [0.15, 0.2) is 77.3 Å². The van der Waals surface area contributed by atoms with Crippen molar-refractivity contribution in [3.05, 3.63) is 87.9 Å². The minimum absolute atomic E-state index is 0.322. The van der Waals surface area contributed by atoms with Gasteiger partial charge in [-0.1, -0.05) is 41.9 Å². The standard InChI is InChI=1S/C24H18BrClN2O4/c1-31-19-11-10-14(12-18(19)25)21-20-22(32-28(21)16-7-3-2-4-8-16)24(30)27(23(20)29)17-9-5-6-15(26)13-17/h2-13,20-22H,1H3/t20-,21-,22-/m1/s1. The number of hydroxylamine groups is 1. The molecule has 0 spiro atoms. The molecular weight excluding hydrogens is 496 g/mol. The quantitative estimate of drug-likeness (QED) is 0.451. The topological polar surface area (TPSA) is 59.1 Å². The van der Waals surface area contributed by atoms with Gasteiger partial charge in [0.15, 0.2) is 6.10 Å². The van der Waals surface area contributed by atoms with Crippen LogP contribution >= 0.6 is 27.5 Å². The summed E-state index contributed by atoms with van der Waals surface area (Å²) in [4.78, 5) is 34.2. The molecule has 162 valence electrons. The number of halogens is 2. The van der Waals surface area contributed by atoms with Crippen LogP contribution in [0, 0.1) is 5.92 Å². The Morgan fingerprint density at radius 2 is 1.69 bits per heavy atom. The van der Waals surface area contributed by atoms with Crippen LogP contribution in [-0.2, 0) is 14.4 Å². The molecule has 0 bridgehead atoms. The molecular formula is C24H18BrClN2O4. The predicted octanol–water partition coefficient (Wildman–Crippen LogP) is 5.16. The Hall–Kier alpha value is -2.87. The van der Waals surface area contributed by atoms with Gasteiger partial charge in [0, 0.05) is 5.02 Å². The molecule has 2 aliphatic heterocycles. The Balaban J connectivity index is 1.60. The molecule has 2 aliphatic rings. The number of hydrogen-bond donors (Lipinski definition) is 0. The van der Waals surface area contributed by atoms with E-state index in [-0.39, 0.29) is 5.91 Å². The van der Waals surface area contributed by atoms with E-state index in [2.05, 4.69) is 15.9 Å². The number of fused-ring (bicyclic) bond motifs is 1. The molecule has 3 aromatic carbocycles. The molecule has 0 N–H and O–H groups in total. The molecule has 0 radical (unpaired) electrons. The van der Waals surface area contributed by atoms with Gasteiger partial charge in [0.1, 0.15) is 11.7 Å². The number of imide groups is 1. The molecule has 32 heavy (non-hydrogen) atoms. The number of methoxy groups -OCH3 is 1. The molecule has 2 heterocycles. The van der Waals surface area contributed by atoms with E-state index in [1.807, 2.05) is 48.5 Å². The lowest BCUT2D eigenvalue weighted by molar-refractivity contribution is -0.126. The average molecular weight is 514 g/mol. The number of hydrogen-bond acceptors (Lipinski definition) is 5. The monoisotopic (exact) mass is 512 g/mol. The zero-order valence-corrected chi connectivity index (χ0v) is 19.3. The Bertz CT molecular complexity index is 1210. The molecule has 3 atom stereocenters. The summed E-state index contributed by atoms with van der Waals surface area (Å²) in [6.45, 7) is 0. The first-order valence-electron chi connectivity index (χ1n) is 9.97. The number of amides is 2. The lowest BCUT2D eigenvalue weighted by Crippen LogP contribution is -2.37. The summed E-state index contributed by atoms with van der Waals surface area (Å²) in [5.41, 5.74) is 2.02. The van der Waals surface area contributed by atoms with E-state index in [0.717, 1.165) is 15.7 Å². The highest BCUT2D eigenvalue weighted by molar-refractivity contribution is 9.10. The highest BCUT2D eigenvalue weighted by atomic mass is 79.9. The van der Waals surface area contributed by atoms with Gasteiger partial charge < -0.3 is 4.74 Å². The molecule has 2 saturated heterocycles. The van der Waals surface area contributed by atoms with Crippen LogP contribution in [0.5, 0.6) is 5.75 Å². The summed E-state index contributed by atoms with van der Waals surface area (Å²) >= 11 is 9.63. The molecule has 2 amide bonds. The van der Waals surface area contributed by atoms with Gasteiger partial charge in [-0.15, -0.1) is 0 Å². The number of rotatable bonds is 4. The Morgan fingerprint density at radius 1 is 0.938 bits per heavy atom. The SMILES string of the molecule is COc1ccc([C@@H]2[C@H]3C(=O)N(c4cccc(Cl)c4)C(=O)[C@@H]3ON2c2ccccc2)cc1Br. The Kier molecular flexibility index (Phi) is 5.41. The third-order valence-electron chi connectivity index (χ3n) is 5.71. The van der Waals surface area contributed by atoms with Crippen LogP contribution < -0.4 is 14.7 Å². The average Bonchev–Trinajstić information content (AvgIpc) is 3.30. The molecule has 0 unspecified atom stereocenters. The summed E-state index contributed by atoms with van der Waals surface area (Å²) in [7, 11) is 1.59. The van der Waals surface area contributed by atoms with Crippen molar-refractivity contribution in [1.82, 2.24) is 0 Å². The lowest BCUT2D eigenvalue weighted by Gasteiger charge is -2.29. The number of carbonyl (C=O) groups excluding carboxylic acids is 2. The first-order valence-corrected chi connectivity index (χ1v) is 11.1. The number of benzene rings is 3. The highest BCUT2D eigenvalue weighted by Gasteiger charge is 2.60. The summed E-state index contributed by atoms with van der Waals surface area (Å²) in [6, 6.07) is 21.2. The van der Waals surface area contributed by atoms with E-state index in [0.29, 0.717) is 16.5 Å². The first kappa shape index (κ1) is 21.0. The number of carbonyl (C=O) groups is 2. The van der Waals surface area contributed by atoms with E-state index in [9.17, 15) is 9.59 Å². The van der Waals surface area contributed by atoms with Gasteiger partial charge in [0.25, 0.3) is 5.91 Å². The van der Waals surface area contributed by atoms with Crippen molar-refractivity contribution in [2.75, 3.05) is 17.1 Å². The van der Waals surface area contributed by atoms with Gasteiger partial charge >= 0.3 is 0 Å². The maximum absolute atomic E-state index is 13.6. The van der Waals surface area contributed by atoms with Gasteiger partial charge in [0.05, 0.1) is 29.0 Å². The van der Waals surface area contributed by atoms with E-state index >= 15 is 0 Å². The number of anilines is 2. The van der Waals surface area contributed by atoms with Crippen molar-refractivity contribution in [3.63, 3.8) is 0 Å². The van der Waals surface area contributed by atoms with Crippen molar-refractivity contribution in [1.29, 1.82) is 0 Å². The van der Waals surface area contributed by atoms with Crippen LogP contribution in [-0.4, -0.2) is 25.0 Å². The normalized spacial score (nSPS) is 22.4. The van der Waals surface area contributed by atoms with Crippen LogP contribution in [0.3, 0.4) is 0 Å². The largest absolute Gasteiger partial charge is 0.496 e. The van der Waals surface area contributed by atoms with Crippen LogP contribution in [0.1, 0.15) is 11.6 Å². The number of ether oxygens (including phenoxy) is 1. The lowest BCUT2D eigenvalue weighted by atomic mass is 9.90. The van der Waals surface area contributed by atoms with E-state index in [1.54, 1.807) is 36.4 Å². The second-order valence-electron chi connectivity index (χ2n) is 7.54. The highest BCUT2D eigenvalue weighted by Crippen LogP contribution is 2.48. The van der Waals surface area contributed by atoms with Crippen LogP contribution in [0.25, 0.3) is 0 Å². The zero-order valence-electron chi connectivity index (χ0n) is 16.9. The molecule has 0 saturated carbocycles. The number of para-hydroxylation sites is 1. The van der Waals surface area contributed by atoms with Crippen LogP contribution in [0.2, 0.25) is 5.02 Å². The molecule has 0 aromatic heterocycles. The fourth-order valence-electron chi connectivity index (χ4n) is 4.29. The fourth-order valence-corrected chi connectivity index (χ4v) is 5.03. The third kappa shape index (κ3) is 3.37. The fraction of sp³-hybridized carbons (Fsp3) is 0.167. The smallest absolute Gasteiger partial charge is 0.266 e. The molecule has 6 nitrogen and oxygen atoms in total. The van der Waals surface area contributed by atoms with Gasteiger partial charge in [-0.2, -0.15) is 0 Å². The maximum Gasteiger partial charge on any atom is 0.266 e. The maximum atomic E-state index is 13.6. The summed E-state index contributed by atoms with van der Waals surface area (Å²) in [6.07, 6.45) is -0.937. The van der Waals surface area contributed by atoms with Gasteiger partial charge in [0.2, 0.25) is 5.91 Å². The van der Waals surface area contributed by atoms with Crippen molar-refractivity contribution in [2.45, 2.75) is 12.1 Å². The summed E-state index contributed by atoms with van der Waals surface area (Å²) in [5.74, 6) is -0.775. The molecule has 2 fully saturated rings. The second-order valence-corrected chi connectivity index (χ2v) is 8.83. The Morgan fingerprint density at radius 3 is 2.38 bits per heavy atom. The van der Waals surface area contributed by atoms with E-state index in [1.165, 1.54) is 4.90 Å². The van der Waals surface area contributed by atoms with E-state index < -0.39 is 24.0 Å². The third-order valence-corrected chi connectivity index (χ3v) is 6.56. The first-order chi connectivity index (χ1) is 15.5. The molecule has 0 aliphatic carbocycles. The van der Waals surface area contributed by atoms with Crippen molar-refractivity contribution in [3.8, 4) is 5.75 Å². The van der Waals surface area contributed by atoms with Crippen LogP contribution in [0.4, 0.5) is 11.4 Å². The van der Waals surface area contributed by atoms with E-state index in [4.69, 9.17) is 21.2 Å². The summed E-state index contributed by atoms with van der Waals surface area (Å²) in [5, 5.41) is 2.11. The van der Waals surface area contributed by atoms with Crippen molar-refractivity contribution >= 4 is 50.7 Å². The van der Waals surface area contributed by atoms with Crippen molar-refractivity contribution in [2.24, 2.45) is 5.92 Å². The minimum Gasteiger partial charge on any atom is -0.496 e. The molecule has 5 rings (SSSR count). The predicted molar refractivity (Wildman–Crippen MR) is 125 cm³/mol. The molecule has 3 aromatic rings. The van der Waals surface area contributed by atoms with Gasteiger partial charge in [-0.3, -0.25) is 14.4 Å². The number of nitrogens with zero attached hydrogens (tertiary/aromatic N) is 2. The van der Waals surface area contributed by atoms with Gasteiger partial charge in [-0.25, -0.2) is 9.96 Å². The molecule has 8 heteroatoms.